The van der Waals surface area contributed by atoms with Gasteiger partial charge in [-0.25, -0.2) is 27.2 Å². The number of hydrogen-bond acceptors (Lipinski definition) is 5. The Morgan fingerprint density at radius 1 is 0.252 bits per heavy atom. The Hall–Kier alpha value is -11.2. The Morgan fingerprint density at radius 3 is 0.927 bits per heavy atom. The van der Waals surface area contributed by atoms with E-state index in [2.05, 4.69) is 279 Å². The topological polar surface area (TPSA) is 83.8 Å². The highest BCUT2D eigenvalue weighted by molar-refractivity contribution is 5.97. The zero-order chi connectivity index (χ0) is 86.3. The van der Waals surface area contributed by atoms with Crippen molar-refractivity contribution in [2.45, 2.75) is 242 Å². The fourth-order valence-corrected chi connectivity index (χ4v) is 20.8. The zero-order valence-electron chi connectivity index (χ0n) is 76.8. The van der Waals surface area contributed by atoms with Crippen molar-refractivity contribution < 1.29 is 27.2 Å². The van der Waals surface area contributed by atoms with E-state index in [4.69, 9.17) is 15.0 Å². The fourth-order valence-electron chi connectivity index (χ4n) is 20.8. The van der Waals surface area contributed by atoms with Crippen molar-refractivity contribution in [2.75, 3.05) is 0 Å². The summed E-state index contributed by atoms with van der Waals surface area (Å²) in [6.45, 7) is 30.3. The lowest BCUT2D eigenvalue weighted by Gasteiger charge is -2.25. The number of aromatic nitrogens is 10. The Labute approximate surface area is 730 Å². The van der Waals surface area contributed by atoms with Gasteiger partial charge in [-0.15, -0.1) is 0 Å². The summed E-state index contributed by atoms with van der Waals surface area (Å²) >= 11 is 0. The van der Waals surface area contributed by atoms with E-state index in [-0.39, 0.29) is 5.82 Å². The van der Waals surface area contributed by atoms with Gasteiger partial charge in [-0.2, -0.15) is 0 Å². The van der Waals surface area contributed by atoms with Crippen LogP contribution in [0.25, 0.3) is 111 Å². The van der Waals surface area contributed by atoms with Crippen molar-refractivity contribution in [2.24, 2.45) is 35.2 Å². The van der Waals surface area contributed by atoms with Gasteiger partial charge < -0.3 is 0 Å². The lowest BCUT2D eigenvalue weighted by Crippen LogP contribution is -2.32. The van der Waals surface area contributed by atoms with Crippen molar-refractivity contribution in [3.8, 4) is 56.3 Å². The van der Waals surface area contributed by atoms with E-state index in [1.807, 2.05) is 63.2 Å². The highest BCUT2D eigenvalue weighted by atomic mass is 19.1. The first-order chi connectivity index (χ1) is 59.2. The minimum absolute atomic E-state index is 0.146. The van der Waals surface area contributed by atoms with Crippen molar-refractivity contribution in [1.82, 2.24) is 24.9 Å². The number of rotatable bonds is 10. The van der Waals surface area contributed by atoms with Crippen LogP contribution in [0.2, 0.25) is 0 Å². The van der Waals surface area contributed by atoms with Crippen LogP contribution in [-0.2, 0) is 35.2 Å². The van der Waals surface area contributed by atoms with Gasteiger partial charge in [-0.1, -0.05) is 140 Å². The second-order valence-electron chi connectivity index (χ2n) is 37.5. The lowest BCUT2D eigenvalue weighted by molar-refractivity contribution is -0.662. The molecule has 0 atom stereocenters. The third-order valence-electron chi connectivity index (χ3n) is 28.7. The van der Waals surface area contributed by atoms with Crippen molar-refractivity contribution in [3.63, 3.8) is 0 Å². The maximum Gasteiger partial charge on any atom is 0.287 e. The molecule has 5 fully saturated rings. The summed E-state index contributed by atoms with van der Waals surface area (Å²) < 4.78 is 24.6. The van der Waals surface area contributed by atoms with Gasteiger partial charge in [-0.3, -0.25) is 0 Å². The normalized spacial score (nSPS) is 15.1. The van der Waals surface area contributed by atoms with E-state index in [9.17, 15) is 4.39 Å². The minimum Gasteiger partial charge on any atom is -0.232 e. The molecule has 0 N–H and O–H groups in total. The Bertz CT molecular complexity index is 6490. The molecule has 0 spiro atoms. The molecule has 5 aliphatic carbocycles. The molecule has 628 valence electrons. The lowest BCUT2D eigenvalue weighted by atomic mass is 9.79. The average Bonchev–Trinajstić information content (AvgIpc) is 1.32. The van der Waals surface area contributed by atoms with Crippen LogP contribution in [0.15, 0.2) is 183 Å². The molecule has 0 amide bonds. The highest BCUT2D eigenvalue weighted by Gasteiger charge is 2.32. The van der Waals surface area contributed by atoms with Gasteiger partial charge in [0.25, 0.3) is 31.6 Å². The van der Waals surface area contributed by atoms with Crippen molar-refractivity contribution in [3.05, 3.63) is 295 Å². The van der Waals surface area contributed by atoms with Gasteiger partial charge in [0, 0.05) is 38.9 Å². The number of fused-ring (bicyclic) bond motifs is 5. The smallest absolute Gasteiger partial charge is 0.232 e. The summed E-state index contributed by atoms with van der Waals surface area (Å²) in [5.41, 5.74) is 43.2. The SMILES string of the molecule is Cc1cc(-c2c3cc(C4CCC4)ccc3nc[n+]2C)c(C)cc1F.Cc1cc(C)c(C)c(-c2c3cc(C4CCCC4)ccc3nc[n+]2C)c1.Cc1cc(C)c(C)c(-c2c3ccc(C4CCCC4)cc3nc[n+]2C)c1.Cc1cc(C)c(C)c(-c2c3cccc(C4CCC4)c3nc[n+]2C)c1.Cc1cc(C)c(C)c(-c2c3cccc(C4CCCC4)c3nc[n+]2C)c1. The minimum atomic E-state index is -0.146. The van der Waals surface area contributed by atoms with Gasteiger partial charge in [-0.05, 0) is 373 Å². The molecular formula is C112H128FN10+5. The third kappa shape index (κ3) is 17.5. The van der Waals surface area contributed by atoms with E-state index in [0.29, 0.717) is 23.3 Å². The predicted molar refractivity (Wildman–Crippen MR) is 505 cm³/mol. The molecule has 15 aromatic rings. The number of para-hydroxylation sites is 2. The summed E-state index contributed by atoms with van der Waals surface area (Å²) in [5, 5.41) is 6.24. The van der Waals surface area contributed by atoms with Gasteiger partial charge in [0.2, 0.25) is 0 Å². The molecule has 123 heavy (non-hydrogen) atoms. The molecule has 11 heteroatoms. The van der Waals surface area contributed by atoms with Crippen LogP contribution in [0, 0.1) is 103 Å². The van der Waals surface area contributed by atoms with Gasteiger partial charge >= 0.3 is 0 Å². The molecule has 0 saturated heterocycles. The van der Waals surface area contributed by atoms with Crippen LogP contribution >= 0.6 is 0 Å². The summed E-state index contributed by atoms with van der Waals surface area (Å²) in [6, 6.07) is 55.9. The van der Waals surface area contributed by atoms with Crippen LogP contribution in [0.4, 0.5) is 4.39 Å². The van der Waals surface area contributed by atoms with E-state index in [0.717, 1.165) is 50.6 Å². The van der Waals surface area contributed by atoms with E-state index < -0.39 is 0 Å². The van der Waals surface area contributed by atoms with Crippen LogP contribution in [0.5, 0.6) is 0 Å². The second kappa shape index (κ2) is 36.3. The first-order valence-electron chi connectivity index (χ1n) is 45.7. The molecular weight excluding hydrogens is 1500 g/mol. The molecule has 0 aliphatic heterocycles. The number of halogens is 1. The summed E-state index contributed by atoms with van der Waals surface area (Å²) in [7, 11) is 10.4. The second-order valence-corrected chi connectivity index (χ2v) is 37.5. The number of nitrogens with zero attached hydrogens (tertiary/aromatic N) is 10. The molecule has 5 aliphatic rings. The Morgan fingerprint density at radius 2 is 0.561 bits per heavy atom. The summed E-state index contributed by atoms with van der Waals surface area (Å²) in [6.07, 6.45) is 33.7. The molecule has 0 radical (unpaired) electrons. The van der Waals surface area contributed by atoms with E-state index in [1.54, 1.807) is 6.07 Å². The maximum atomic E-state index is 13.9. The maximum absolute atomic E-state index is 13.9. The zero-order valence-corrected chi connectivity index (χ0v) is 76.8. The Kier molecular flexibility index (Phi) is 25.2. The van der Waals surface area contributed by atoms with Crippen LogP contribution in [-0.4, -0.2) is 24.9 Å². The van der Waals surface area contributed by atoms with Gasteiger partial charge in [0.1, 0.15) is 34.3 Å². The molecule has 10 aromatic carbocycles. The van der Waals surface area contributed by atoms with E-state index >= 15 is 0 Å². The first kappa shape index (κ1) is 85.4. The van der Waals surface area contributed by atoms with Gasteiger partial charge in [0.05, 0.1) is 62.2 Å². The average molecular weight is 1630 g/mol. The molecule has 5 aromatic heterocycles. The van der Waals surface area contributed by atoms with E-state index in [1.165, 1.54) is 288 Å². The van der Waals surface area contributed by atoms with Crippen LogP contribution in [0.3, 0.4) is 0 Å². The summed E-state index contributed by atoms with van der Waals surface area (Å²) in [4.78, 5) is 23.6. The van der Waals surface area contributed by atoms with Gasteiger partial charge in [0.15, 0.2) is 27.6 Å². The fraction of sp³-hybridized carbons (Fsp3) is 0.375. The summed E-state index contributed by atoms with van der Waals surface area (Å²) in [5.74, 6) is 3.37. The van der Waals surface area contributed by atoms with Crippen molar-refractivity contribution in [1.29, 1.82) is 0 Å². The quantitative estimate of drug-likeness (QED) is 0.127. The largest absolute Gasteiger partial charge is 0.287 e. The highest BCUT2D eigenvalue weighted by Crippen LogP contribution is 2.45. The molecule has 20 rings (SSSR count). The number of benzene rings is 10. The van der Waals surface area contributed by atoms with Crippen LogP contribution in [0.1, 0.15) is 251 Å². The standard InChI is InChI=1S/3C23H27N2.C22H25N2.C21H22FN2/c1-15-12-16(2)17(3)21(13-15)23-20-11-7-10-19(18-8-5-6-9-18)22(20)24-14-25(23)4;1-15-11-16(2)17(3)20(12-15)23-21-13-19(18-7-5-6-8-18)9-10-22(21)24-14-25(23)4;1-15-11-16(2)17(3)21(12-15)23-20-10-9-19(18-7-5-6-8-18)13-22(20)24-14-25(23)4;1-14-11-15(2)16(3)20(12-14)22-19-10-6-9-18(17-7-5-8-17)21(19)23-13-24(22)4;1-13-10-19(22)14(2)9-17(13)21-18-11-16(15-5-4-6-15)7-8-20(18)23-12-24(21)3/h7,10-14,18H,5-6,8-9H2,1-4H3;2*9-14,18H,5-8H2,1-4H3;6,9-13,17H,5,7-8H2,1-4H3;7-12,15H,4-6H2,1-3H3/q5*+1. The monoisotopic (exact) mass is 1630 g/mol. The third-order valence-corrected chi connectivity index (χ3v) is 28.7. The number of hydrogen-bond donors (Lipinski definition) is 0. The Balaban J connectivity index is 0.000000114. The number of aryl methyl sites for hydroxylation is 15. The van der Waals surface area contributed by atoms with Crippen molar-refractivity contribution >= 4 is 54.5 Å². The predicted octanol–water partition coefficient (Wildman–Crippen LogP) is 25.6. The molecule has 10 nitrogen and oxygen atoms in total. The van der Waals surface area contributed by atoms with Crippen LogP contribution < -0.4 is 22.8 Å². The first-order valence-corrected chi connectivity index (χ1v) is 45.7. The molecule has 0 unspecified atom stereocenters. The molecule has 0 bridgehead atoms. The molecule has 5 heterocycles. The molecule has 5 saturated carbocycles.